The van der Waals surface area contributed by atoms with Gasteiger partial charge in [-0.15, -0.1) is 11.3 Å². The molecule has 0 aliphatic heterocycles. The lowest BCUT2D eigenvalue weighted by Gasteiger charge is -2.45. The van der Waals surface area contributed by atoms with Gasteiger partial charge in [0.25, 0.3) is 5.92 Å². The Labute approximate surface area is 257 Å². The standard InChI is InChI=1S/C33H51F2NO3S2Si/c1-8-42(9-2,10-3)39-31(5,6)23-33(34,35)22-24(4)26-17-18-27-25(14-13-20-32(26,27)7)19-21-41(37,38)30-36-28-15-11-12-16-29(28)40-30/h11-12,15-16,19,24,26-27H,8-10,13-14,17-18,20-23H2,1-7H3/b25-19+/t24?,26-,27+,32-/m1/s1. The maximum Gasteiger partial charge on any atom is 0.251 e. The van der Waals surface area contributed by atoms with Gasteiger partial charge in [-0.25, -0.2) is 22.2 Å². The first kappa shape index (κ1) is 33.7. The second-order valence-corrected chi connectivity index (χ2v) is 21.9. The summed E-state index contributed by atoms with van der Waals surface area (Å²) < 4.78 is 65.4. The summed E-state index contributed by atoms with van der Waals surface area (Å²) in [4.78, 5) is 4.38. The van der Waals surface area contributed by atoms with Crippen LogP contribution < -0.4 is 0 Å². The number of sulfone groups is 1. The van der Waals surface area contributed by atoms with E-state index in [2.05, 4.69) is 32.7 Å². The molecule has 2 aromatic rings. The maximum absolute atomic E-state index is 15.7. The van der Waals surface area contributed by atoms with E-state index in [1.54, 1.807) is 0 Å². The molecule has 0 amide bonds. The molecule has 236 valence electrons. The first-order valence-corrected chi connectivity index (χ1v) is 20.9. The van der Waals surface area contributed by atoms with Crippen LogP contribution in [0, 0.1) is 23.2 Å². The monoisotopic (exact) mass is 639 g/mol. The van der Waals surface area contributed by atoms with E-state index in [1.807, 2.05) is 51.1 Å². The molecule has 1 aromatic carbocycles. The van der Waals surface area contributed by atoms with Gasteiger partial charge in [0.15, 0.2) is 8.32 Å². The molecular formula is C33H51F2NO3S2Si. The first-order valence-electron chi connectivity index (χ1n) is 15.9. The van der Waals surface area contributed by atoms with E-state index in [0.29, 0.717) is 5.52 Å². The summed E-state index contributed by atoms with van der Waals surface area (Å²) >= 11 is 1.22. The van der Waals surface area contributed by atoms with E-state index >= 15 is 8.78 Å². The molecule has 0 saturated heterocycles. The zero-order chi connectivity index (χ0) is 31.0. The summed E-state index contributed by atoms with van der Waals surface area (Å²) in [7, 11) is -5.54. The molecule has 4 nitrogen and oxygen atoms in total. The van der Waals surface area contributed by atoms with Crippen molar-refractivity contribution in [1.82, 2.24) is 4.98 Å². The third-order valence-electron chi connectivity index (χ3n) is 10.6. The largest absolute Gasteiger partial charge is 0.412 e. The van der Waals surface area contributed by atoms with Crippen LogP contribution in [0.2, 0.25) is 18.1 Å². The Balaban J connectivity index is 1.44. The Hall–Kier alpha value is -1.16. The normalized spacial score (nSPS) is 25.7. The van der Waals surface area contributed by atoms with Crippen LogP contribution in [0.15, 0.2) is 40.3 Å². The summed E-state index contributed by atoms with van der Waals surface area (Å²) in [5.41, 5.74) is 0.972. The molecule has 42 heavy (non-hydrogen) atoms. The summed E-state index contributed by atoms with van der Waals surface area (Å²) in [6.45, 7) is 14.4. The molecule has 4 rings (SSSR count). The van der Waals surface area contributed by atoms with Crippen molar-refractivity contribution < 1.29 is 21.6 Å². The van der Waals surface area contributed by atoms with E-state index in [1.165, 1.54) is 16.9 Å². The molecule has 9 heteroatoms. The molecule has 4 atom stereocenters. The predicted octanol–water partition coefficient (Wildman–Crippen LogP) is 10.1. The van der Waals surface area contributed by atoms with Crippen molar-refractivity contribution in [2.24, 2.45) is 23.2 Å². The number of halogens is 2. The molecular weight excluding hydrogens is 589 g/mol. The van der Waals surface area contributed by atoms with Crippen molar-refractivity contribution in [2.45, 2.75) is 127 Å². The van der Waals surface area contributed by atoms with Crippen molar-refractivity contribution in [3.8, 4) is 0 Å². The topological polar surface area (TPSA) is 56.3 Å². The zero-order valence-corrected chi connectivity index (χ0v) is 29.3. The van der Waals surface area contributed by atoms with Crippen molar-refractivity contribution >= 4 is 39.7 Å². The van der Waals surface area contributed by atoms with E-state index < -0.39 is 29.7 Å². The summed E-state index contributed by atoms with van der Waals surface area (Å²) in [6, 6.07) is 10.3. The molecule has 0 N–H and O–H groups in total. The SMILES string of the molecule is CC[Si](CC)(CC)OC(C)(C)CC(F)(F)CC(C)[C@H]1CC[C@H]2/C(=C/CS(=O)(=O)c3nc4ccccc4s3)CCC[C@]12C. The number of thiazole rings is 1. The lowest BCUT2D eigenvalue weighted by molar-refractivity contribution is -0.0904. The van der Waals surface area contributed by atoms with Crippen molar-refractivity contribution in [2.75, 3.05) is 5.75 Å². The third kappa shape index (κ3) is 7.21. The Bertz CT molecular complexity index is 1330. The smallest absolute Gasteiger partial charge is 0.251 e. The fourth-order valence-corrected chi connectivity index (χ4v) is 14.1. The fourth-order valence-electron chi connectivity index (χ4n) is 8.43. The van der Waals surface area contributed by atoms with Gasteiger partial charge in [0.2, 0.25) is 14.2 Å². The lowest BCUT2D eigenvalue weighted by Crippen LogP contribution is -2.47. The second kappa shape index (κ2) is 12.7. The highest BCUT2D eigenvalue weighted by Crippen LogP contribution is 2.60. The zero-order valence-electron chi connectivity index (χ0n) is 26.6. The minimum Gasteiger partial charge on any atom is -0.412 e. The van der Waals surface area contributed by atoms with Gasteiger partial charge in [-0.1, -0.05) is 58.4 Å². The van der Waals surface area contributed by atoms with Crippen molar-refractivity contribution in [3.63, 3.8) is 0 Å². The number of fused-ring (bicyclic) bond motifs is 2. The van der Waals surface area contributed by atoms with E-state index in [4.69, 9.17) is 4.43 Å². The van der Waals surface area contributed by atoms with Gasteiger partial charge in [-0.3, -0.25) is 0 Å². The number of hydrogen-bond acceptors (Lipinski definition) is 5. The lowest BCUT2D eigenvalue weighted by atomic mass is 9.60. The molecule has 1 unspecified atom stereocenters. The second-order valence-electron chi connectivity index (χ2n) is 13.9. The minimum absolute atomic E-state index is 0.0554. The fraction of sp³-hybridized carbons (Fsp3) is 0.727. The first-order chi connectivity index (χ1) is 19.6. The van der Waals surface area contributed by atoms with Gasteiger partial charge in [0, 0.05) is 12.8 Å². The summed E-state index contributed by atoms with van der Waals surface area (Å²) in [6.07, 6.45) is 6.27. The molecule has 2 aliphatic rings. The van der Waals surface area contributed by atoms with Gasteiger partial charge in [0.1, 0.15) is 0 Å². The highest BCUT2D eigenvalue weighted by Gasteiger charge is 2.52. The quantitative estimate of drug-likeness (QED) is 0.162. The van der Waals surface area contributed by atoms with Gasteiger partial charge >= 0.3 is 0 Å². The number of hydrogen-bond donors (Lipinski definition) is 0. The number of alkyl halides is 2. The Morgan fingerprint density at radius 1 is 1.17 bits per heavy atom. The molecule has 0 radical (unpaired) electrons. The predicted molar refractivity (Wildman–Crippen MR) is 174 cm³/mol. The number of nitrogens with zero attached hydrogens (tertiary/aromatic N) is 1. The van der Waals surface area contributed by atoms with Crippen LogP contribution in [0.1, 0.15) is 93.4 Å². The number of rotatable bonds is 13. The van der Waals surface area contributed by atoms with Crippen LogP contribution in [0.3, 0.4) is 0 Å². The van der Waals surface area contributed by atoms with Crippen molar-refractivity contribution in [1.29, 1.82) is 0 Å². The molecule has 1 heterocycles. The number of para-hydroxylation sites is 1. The number of aromatic nitrogens is 1. The van der Waals surface area contributed by atoms with Crippen LogP contribution in [0.4, 0.5) is 8.78 Å². The van der Waals surface area contributed by atoms with E-state index in [0.717, 1.165) is 54.9 Å². The number of allylic oxidation sites excluding steroid dienone is 1. The summed E-state index contributed by atoms with van der Waals surface area (Å²) in [5.74, 6) is -2.53. The van der Waals surface area contributed by atoms with Crippen LogP contribution >= 0.6 is 11.3 Å². The molecule has 2 fully saturated rings. The molecule has 0 bridgehead atoms. The molecule has 2 saturated carbocycles. The maximum atomic E-state index is 15.7. The van der Waals surface area contributed by atoms with Crippen LogP contribution in [-0.4, -0.2) is 39.0 Å². The molecule has 1 aromatic heterocycles. The van der Waals surface area contributed by atoms with E-state index in [-0.39, 0.29) is 46.1 Å². The van der Waals surface area contributed by atoms with E-state index in [9.17, 15) is 8.42 Å². The molecule has 2 aliphatic carbocycles. The van der Waals surface area contributed by atoms with Gasteiger partial charge in [-0.05, 0) is 99.4 Å². The summed E-state index contributed by atoms with van der Waals surface area (Å²) in [5, 5.41) is 0. The highest BCUT2D eigenvalue weighted by atomic mass is 32.2. The molecule has 0 spiro atoms. The Morgan fingerprint density at radius 2 is 1.83 bits per heavy atom. The average Bonchev–Trinajstić information content (AvgIpc) is 3.51. The number of benzene rings is 1. The van der Waals surface area contributed by atoms with Gasteiger partial charge in [-0.2, -0.15) is 0 Å². The third-order valence-corrected chi connectivity index (χ3v) is 18.5. The van der Waals surface area contributed by atoms with Crippen LogP contribution in [0.5, 0.6) is 0 Å². The minimum atomic E-state index is -3.54. The Kier molecular flexibility index (Phi) is 10.2. The Morgan fingerprint density at radius 3 is 2.48 bits per heavy atom. The highest BCUT2D eigenvalue weighted by molar-refractivity contribution is 7.93. The van der Waals surface area contributed by atoms with Crippen LogP contribution in [0.25, 0.3) is 10.2 Å². The van der Waals surface area contributed by atoms with Crippen molar-refractivity contribution in [3.05, 3.63) is 35.9 Å². The van der Waals surface area contributed by atoms with Crippen LogP contribution in [-0.2, 0) is 14.3 Å². The van der Waals surface area contributed by atoms with Gasteiger partial charge in [0.05, 0.1) is 21.6 Å². The van der Waals surface area contributed by atoms with Gasteiger partial charge < -0.3 is 4.43 Å². The average molecular weight is 640 g/mol.